The molecule has 1 N–H and O–H groups in total. The average Bonchev–Trinajstić information content (AvgIpc) is 2.84. The largest absolute Gasteiger partial charge is 0.315 e. The van der Waals surface area contributed by atoms with Crippen molar-refractivity contribution in [1.29, 1.82) is 0 Å². The van der Waals surface area contributed by atoms with Gasteiger partial charge in [0, 0.05) is 34.6 Å². The summed E-state index contributed by atoms with van der Waals surface area (Å²) in [6, 6.07) is 7.68. The van der Waals surface area contributed by atoms with Gasteiger partial charge in [0.15, 0.2) is 0 Å². The maximum absolute atomic E-state index is 13.0. The molecule has 6 heteroatoms. The molecule has 0 saturated carbocycles. The van der Waals surface area contributed by atoms with Gasteiger partial charge in [-0.15, -0.1) is 11.3 Å². The molecule has 0 spiro atoms. The van der Waals surface area contributed by atoms with Crippen LogP contribution in [0.1, 0.15) is 25.1 Å². The molecule has 0 aliphatic carbocycles. The van der Waals surface area contributed by atoms with Crippen molar-refractivity contribution < 1.29 is 8.42 Å². The van der Waals surface area contributed by atoms with Gasteiger partial charge in [-0.3, -0.25) is 0 Å². The van der Waals surface area contributed by atoms with Crippen LogP contribution >= 0.6 is 11.3 Å². The van der Waals surface area contributed by atoms with Crippen LogP contribution in [0.4, 0.5) is 0 Å². The molecule has 0 bridgehead atoms. The van der Waals surface area contributed by atoms with Crippen molar-refractivity contribution >= 4 is 31.4 Å². The zero-order chi connectivity index (χ0) is 15.6. The second-order valence-corrected chi connectivity index (χ2v) is 8.23. The quantitative estimate of drug-likeness (QED) is 0.887. The maximum Gasteiger partial charge on any atom is 0.244 e. The van der Waals surface area contributed by atoms with E-state index in [0.29, 0.717) is 11.4 Å². The number of thiophene rings is 1. The van der Waals surface area contributed by atoms with E-state index in [-0.39, 0.29) is 6.04 Å². The van der Waals surface area contributed by atoms with Crippen LogP contribution in [0.5, 0.6) is 0 Å². The van der Waals surface area contributed by atoms with E-state index in [9.17, 15) is 8.42 Å². The highest BCUT2D eigenvalue weighted by molar-refractivity contribution is 7.89. The minimum absolute atomic E-state index is 0.0175. The summed E-state index contributed by atoms with van der Waals surface area (Å²) in [5.74, 6) is 0. The summed E-state index contributed by atoms with van der Waals surface area (Å²) in [4.78, 5) is 1.33. The molecule has 1 aromatic heterocycles. The van der Waals surface area contributed by atoms with Gasteiger partial charge in [-0.05, 0) is 26.5 Å². The molecule has 0 fully saturated rings. The second kappa shape index (κ2) is 6.44. The fourth-order valence-electron chi connectivity index (χ4n) is 2.27. The lowest BCUT2D eigenvalue weighted by atomic mass is 10.2. The van der Waals surface area contributed by atoms with Crippen LogP contribution in [0.3, 0.4) is 0 Å². The summed E-state index contributed by atoms with van der Waals surface area (Å²) < 4.78 is 28.5. The van der Waals surface area contributed by atoms with Crippen LogP contribution in [-0.4, -0.2) is 32.9 Å². The standard InChI is InChI=1S/C15H22N2O2S2/c1-5-11(2)17(4)21(18,19)15-12-8-6-7-9-13(12)20-14(15)10-16-3/h6-9,11,16H,5,10H2,1-4H3. The maximum atomic E-state index is 13.0. The molecule has 2 aromatic rings. The summed E-state index contributed by atoms with van der Waals surface area (Å²) in [6.07, 6.45) is 0.791. The Morgan fingerprint density at radius 2 is 2.00 bits per heavy atom. The molecule has 1 atom stereocenters. The first kappa shape index (κ1) is 16.4. The summed E-state index contributed by atoms with van der Waals surface area (Å²) in [6.45, 7) is 4.49. The van der Waals surface area contributed by atoms with Crippen molar-refractivity contribution in [2.24, 2.45) is 0 Å². The van der Waals surface area contributed by atoms with Gasteiger partial charge in [0.25, 0.3) is 0 Å². The summed E-state index contributed by atoms with van der Waals surface area (Å²) >= 11 is 1.54. The van der Waals surface area contributed by atoms with Crippen molar-refractivity contribution in [3.63, 3.8) is 0 Å². The molecule has 1 aromatic carbocycles. The number of benzene rings is 1. The van der Waals surface area contributed by atoms with E-state index < -0.39 is 10.0 Å². The van der Waals surface area contributed by atoms with Crippen LogP contribution in [-0.2, 0) is 16.6 Å². The van der Waals surface area contributed by atoms with Gasteiger partial charge >= 0.3 is 0 Å². The topological polar surface area (TPSA) is 49.4 Å². The van der Waals surface area contributed by atoms with Crippen LogP contribution in [0.2, 0.25) is 0 Å². The Morgan fingerprint density at radius 3 is 2.62 bits per heavy atom. The number of rotatable bonds is 6. The smallest absolute Gasteiger partial charge is 0.244 e. The second-order valence-electron chi connectivity index (χ2n) is 5.16. The third-order valence-corrected chi connectivity index (χ3v) is 7.20. The molecule has 1 heterocycles. The van der Waals surface area contributed by atoms with E-state index in [1.54, 1.807) is 18.4 Å². The van der Waals surface area contributed by atoms with Crippen LogP contribution in [0.15, 0.2) is 29.2 Å². The van der Waals surface area contributed by atoms with Crippen molar-refractivity contribution in [2.45, 2.75) is 37.8 Å². The predicted molar refractivity (Wildman–Crippen MR) is 89.3 cm³/mol. The molecule has 4 nitrogen and oxygen atoms in total. The third kappa shape index (κ3) is 2.99. The van der Waals surface area contributed by atoms with E-state index in [1.165, 1.54) is 4.31 Å². The Bertz CT molecular complexity index is 722. The van der Waals surface area contributed by atoms with E-state index in [4.69, 9.17) is 0 Å². The van der Waals surface area contributed by atoms with Crippen LogP contribution < -0.4 is 5.32 Å². The molecular weight excluding hydrogens is 304 g/mol. The number of fused-ring (bicyclic) bond motifs is 1. The molecular formula is C15H22N2O2S2. The van der Waals surface area contributed by atoms with Gasteiger partial charge in [-0.2, -0.15) is 4.31 Å². The minimum Gasteiger partial charge on any atom is -0.315 e. The number of nitrogens with one attached hydrogen (secondary N) is 1. The Kier molecular flexibility index (Phi) is 5.03. The monoisotopic (exact) mass is 326 g/mol. The normalized spacial score (nSPS) is 14.0. The van der Waals surface area contributed by atoms with Gasteiger partial charge in [0.1, 0.15) is 4.90 Å². The molecule has 2 rings (SSSR count). The number of nitrogens with zero attached hydrogens (tertiary/aromatic N) is 1. The molecule has 21 heavy (non-hydrogen) atoms. The third-order valence-electron chi connectivity index (χ3n) is 3.80. The summed E-state index contributed by atoms with van der Waals surface area (Å²) in [5, 5.41) is 3.89. The van der Waals surface area contributed by atoms with Crippen molar-refractivity contribution in [2.75, 3.05) is 14.1 Å². The van der Waals surface area contributed by atoms with E-state index >= 15 is 0 Å². The molecule has 0 radical (unpaired) electrons. The Balaban J connectivity index is 2.66. The lowest BCUT2D eigenvalue weighted by Gasteiger charge is -2.23. The molecule has 1 unspecified atom stereocenters. The van der Waals surface area contributed by atoms with Gasteiger partial charge in [0.2, 0.25) is 10.0 Å². The molecule has 0 amide bonds. The first-order valence-corrected chi connectivity index (χ1v) is 9.32. The number of hydrogen-bond acceptors (Lipinski definition) is 4. The van der Waals surface area contributed by atoms with Gasteiger partial charge < -0.3 is 5.32 Å². The van der Waals surface area contributed by atoms with E-state index in [1.807, 2.05) is 45.2 Å². The van der Waals surface area contributed by atoms with Crippen LogP contribution in [0.25, 0.3) is 10.1 Å². The minimum atomic E-state index is -3.48. The predicted octanol–water partition coefficient (Wildman–Crippen LogP) is 3.04. The van der Waals surface area contributed by atoms with E-state index in [2.05, 4.69) is 5.32 Å². The zero-order valence-electron chi connectivity index (χ0n) is 12.9. The van der Waals surface area contributed by atoms with Gasteiger partial charge in [-0.25, -0.2) is 8.42 Å². The molecule has 116 valence electrons. The zero-order valence-corrected chi connectivity index (χ0v) is 14.5. The van der Waals surface area contributed by atoms with Gasteiger partial charge in [0.05, 0.1) is 0 Å². The fraction of sp³-hybridized carbons (Fsp3) is 0.467. The average molecular weight is 326 g/mol. The SMILES string of the molecule is CCC(C)N(C)S(=O)(=O)c1c(CNC)sc2ccccc12. The van der Waals surface area contributed by atoms with Crippen molar-refractivity contribution in [3.8, 4) is 0 Å². The van der Waals surface area contributed by atoms with Crippen molar-refractivity contribution in [1.82, 2.24) is 9.62 Å². The lowest BCUT2D eigenvalue weighted by Crippen LogP contribution is -2.35. The molecule has 0 saturated heterocycles. The van der Waals surface area contributed by atoms with Gasteiger partial charge in [-0.1, -0.05) is 25.1 Å². The number of hydrogen-bond donors (Lipinski definition) is 1. The van der Waals surface area contributed by atoms with Crippen molar-refractivity contribution in [3.05, 3.63) is 29.1 Å². The molecule has 0 aliphatic rings. The fourth-order valence-corrected chi connectivity index (χ4v) is 5.61. The first-order valence-electron chi connectivity index (χ1n) is 7.06. The highest BCUT2D eigenvalue weighted by Crippen LogP contribution is 2.36. The molecule has 0 aliphatic heterocycles. The first-order chi connectivity index (χ1) is 9.93. The highest BCUT2D eigenvalue weighted by Gasteiger charge is 2.30. The van der Waals surface area contributed by atoms with Crippen LogP contribution in [0, 0.1) is 0 Å². The Morgan fingerprint density at radius 1 is 1.33 bits per heavy atom. The lowest BCUT2D eigenvalue weighted by molar-refractivity contribution is 0.381. The Hall–Kier alpha value is -0.950. The highest BCUT2D eigenvalue weighted by atomic mass is 32.2. The summed E-state index contributed by atoms with van der Waals surface area (Å²) in [5.41, 5.74) is 0. The summed E-state index contributed by atoms with van der Waals surface area (Å²) in [7, 11) is 0.0156. The Labute approximate surface area is 130 Å². The van der Waals surface area contributed by atoms with E-state index in [0.717, 1.165) is 21.4 Å². The number of sulfonamides is 1.